The highest BCUT2D eigenvalue weighted by atomic mass is 19.4. The van der Waals surface area contributed by atoms with Crippen LogP contribution in [0.1, 0.15) is 38.1 Å². The molecule has 2 amide bonds. The number of benzene rings is 2. The molecule has 0 saturated carbocycles. The summed E-state index contributed by atoms with van der Waals surface area (Å²) in [6, 6.07) is 1.63. The van der Waals surface area contributed by atoms with Gasteiger partial charge in [0, 0.05) is 28.1 Å². The molecule has 4 rings (SSSR count). The van der Waals surface area contributed by atoms with Crippen molar-refractivity contribution in [3.63, 3.8) is 0 Å². The van der Waals surface area contributed by atoms with Crippen LogP contribution < -0.4 is 10.6 Å². The summed E-state index contributed by atoms with van der Waals surface area (Å²) >= 11 is 0. The van der Waals surface area contributed by atoms with Crippen LogP contribution in [-0.2, 0) is 4.74 Å². The second kappa shape index (κ2) is 9.05. The molecule has 2 N–H and O–H groups in total. The molecule has 0 fully saturated rings. The van der Waals surface area contributed by atoms with Crippen molar-refractivity contribution in [3.05, 3.63) is 59.5 Å². The molecule has 196 valence electrons. The number of carbonyl (C=O) groups is 2. The molecule has 0 radical (unpaired) electrons. The van der Waals surface area contributed by atoms with E-state index in [0.717, 1.165) is 10.7 Å². The van der Waals surface area contributed by atoms with Crippen molar-refractivity contribution >= 4 is 39.7 Å². The van der Waals surface area contributed by atoms with Gasteiger partial charge in [0.2, 0.25) is 0 Å². The van der Waals surface area contributed by atoms with E-state index >= 15 is 0 Å². The number of ether oxygens (including phenoxy) is 1. The number of urea groups is 1. The van der Waals surface area contributed by atoms with Gasteiger partial charge in [0.25, 0.3) is 0 Å². The first-order chi connectivity index (χ1) is 17.1. The minimum absolute atomic E-state index is 0.101. The van der Waals surface area contributed by atoms with E-state index in [1.54, 1.807) is 26.1 Å². The number of fused-ring (bicyclic) bond motifs is 2. The van der Waals surface area contributed by atoms with E-state index < -0.39 is 52.9 Å². The summed E-state index contributed by atoms with van der Waals surface area (Å²) in [6.45, 7) is 6.27. The zero-order valence-corrected chi connectivity index (χ0v) is 20.0. The van der Waals surface area contributed by atoms with Crippen LogP contribution in [0.25, 0.3) is 21.9 Å². The Bertz CT molecular complexity index is 1520. The predicted molar refractivity (Wildman–Crippen MR) is 123 cm³/mol. The Morgan fingerprint density at radius 2 is 1.81 bits per heavy atom. The van der Waals surface area contributed by atoms with Crippen molar-refractivity contribution in [2.24, 2.45) is 0 Å². The first-order valence-electron chi connectivity index (χ1n) is 10.9. The molecule has 37 heavy (non-hydrogen) atoms. The molecule has 8 nitrogen and oxygen atoms in total. The van der Waals surface area contributed by atoms with E-state index in [1.165, 1.54) is 31.3 Å². The molecule has 0 aliphatic carbocycles. The lowest BCUT2D eigenvalue weighted by Gasteiger charge is -2.21. The van der Waals surface area contributed by atoms with Gasteiger partial charge in [0.1, 0.15) is 17.2 Å². The van der Waals surface area contributed by atoms with Gasteiger partial charge in [-0.25, -0.2) is 18.4 Å². The second-order valence-corrected chi connectivity index (χ2v) is 9.24. The van der Waals surface area contributed by atoms with E-state index in [9.17, 15) is 31.5 Å². The van der Waals surface area contributed by atoms with Gasteiger partial charge in [-0.3, -0.25) is 0 Å². The number of amides is 2. The van der Waals surface area contributed by atoms with Crippen molar-refractivity contribution in [2.45, 2.75) is 45.5 Å². The quantitative estimate of drug-likeness (QED) is 0.295. The van der Waals surface area contributed by atoms with Crippen LogP contribution in [0.3, 0.4) is 0 Å². The number of aryl methyl sites for hydroxylation is 1. The summed E-state index contributed by atoms with van der Waals surface area (Å²) in [4.78, 5) is 24.8. The third-order valence-electron chi connectivity index (χ3n) is 5.25. The number of nitrogens with one attached hydrogen (secondary N) is 2. The van der Waals surface area contributed by atoms with Crippen LogP contribution in [0.2, 0.25) is 0 Å². The lowest BCUT2D eigenvalue weighted by Crippen LogP contribution is -2.40. The monoisotopic (exact) mass is 524 g/mol. The molecular formula is C24H21F5N4O4. The molecule has 2 aromatic heterocycles. The Balaban J connectivity index is 1.57. The van der Waals surface area contributed by atoms with Crippen molar-refractivity contribution in [1.82, 2.24) is 15.1 Å². The Hall–Kier alpha value is -4.16. The Morgan fingerprint density at radius 3 is 2.46 bits per heavy atom. The first kappa shape index (κ1) is 25.9. The highest BCUT2D eigenvalue weighted by Crippen LogP contribution is 2.39. The number of furan rings is 1. The Kier molecular flexibility index (Phi) is 6.34. The largest absolute Gasteiger partial charge is 0.455 e. The van der Waals surface area contributed by atoms with Crippen LogP contribution in [0.4, 0.5) is 37.2 Å². The van der Waals surface area contributed by atoms with Gasteiger partial charge >= 0.3 is 18.3 Å². The number of anilines is 1. The average Bonchev–Trinajstić information content (AvgIpc) is 3.31. The summed E-state index contributed by atoms with van der Waals surface area (Å²) in [5.41, 5.74) is -1.04. The van der Waals surface area contributed by atoms with Crippen molar-refractivity contribution < 1.29 is 40.7 Å². The van der Waals surface area contributed by atoms with Gasteiger partial charge in [0.15, 0.2) is 17.4 Å². The summed E-state index contributed by atoms with van der Waals surface area (Å²) in [5.74, 6) is -2.94. The molecule has 0 unspecified atom stereocenters. The normalized spacial score (nSPS) is 13.1. The maximum absolute atomic E-state index is 14.1. The summed E-state index contributed by atoms with van der Waals surface area (Å²) in [6.07, 6.45) is -4.43. The highest BCUT2D eigenvalue weighted by Gasteiger charge is 2.45. The molecule has 4 aromatic rings. The van der Waals surface area contributed by atoms with Crippen molar-refractivity contribution in [2.75, 3.05) is 5.32 Å². The molecule has 13 heteroatoms. The van der Waals surface area contributed by atoms with Crippen LogP contribution in [0.5, 0.6) is 0 Å². The van der Waals surface area contributed by atoms with Crippen molar-refractivity contribution in [1.29, 1.82) is 0 Å². The Labute approximate surface area is 206 Å². The van der Waals surface area contributed by atoms with Crippen LogP contribution in [-0.4, -0.2) is 33.7 Å². The standard InChI is InChI=1S/C24H21F5N4O4/c1-11-15-8-13(25)9-16(26)19(15)36-18(11)20(24(27,28)29)32-21(34)31-14-5-6-17-12(7-14)10-30-33(17)22(35)37-23(2,3)4/h5-10,20H,1-4H3,(H2,31,32,34)/t20-/m0/s1. The zero-order chi connectivity index (χ0) is 27.3. The van der Waals surface area contributed by atoms with Gasteiger partial charge < -0.3 is 19.8 Å². The van der Waals surface area contributed by atoms with Gasteiger partial charge in [-0.2, -0.15) is 23.0 Å². The zero-order valence-electron chi connectivity index (χ0n) is 20.0. The lowest BCUT2D eigenvalue weighted by atomic mass is 10.1. The molecule has 0 aliphatic heterocycles. The maximum atomic E-state index is 14.1. The predicted octanol–water partition coefficient (Wildman–Crippen LogP) is 6.58. The summed E-state index contributed by atoms with van der Waals surface area (Å²) < 4.78 is 80.6. The van der Waals surface area contributed by atoms with E-state index in [1.807, 2.05) is 0 Å². The number of rotatable bonds is 3. The number of nitrogens with zero attached hydrogens (tertiary/aromatic N) is 2. The Morgan fingerprint density at radius 1 is 1.11 bits per heavy atom. The van der Waals surface area contributed by atoms with E-state index in [0.29, 0.717) is 17.0 Å². The van der Waals surface area contributed by atoms with Gasteiger partial charge in [-0.15, -0.1) is 0 Å². The lowest BCUT2D eigenvalue weighted by molar-refractivity contribution is -0.158. The molecule has 1 atom stereocenters. The SMILES string of the molecule is Cc1c([C@H](NC(=O)Nc2ccc3c(cnn3C(=O)OC(C)(C)C)c2)C(F)(F)F)oc2c(F)cc(F)cc12. The molecule has 0 spiro atoms. The molecule has 0 bridgehead atoms. The molecule has 2 aromatic carbocycles. The van der Waals surface area contributed by atoms with E-state index in [-0.39, 0.29) is 16.6 Å². The van der Waals surface area contributed by atoms with Crippen molar-refractivity contribution in [3.8, 4) is 0 Å². The van der Waals surface area contributed by atoms with Crippen LogP contribution in [0.15, 0.2) is 40.9 Å². The summed E-state index contributed by atoms with van der Waals surface area (Å²) in [5, 5.41) is 8.23. The summed E-state index contributed by atoms with van der Waals surface area (Å²) in [7, 11) is 0. The van der Waals surface area contributed by atoms with E-state index in [4.69, 9.17) is 9.15 Å². The molecular weight excluding hydrogens is 503 g/mol. The number of carbonyl (C=O) groups excluding carboxylic acids is 2. The fraction of sp³-hybridized carbons (Fsp3) is 0.292. The molecule has 2 heterocycles. The van der Waals surface area contributed by atoms with Crippen LogP contribution in [0, 0.1) is 18.6 Å². The minimum atomic E-state index is -5.02. The number of aromatic nitrogens is 2. The third-order valence-corrected chi connectivity index (χ3v) is 5.25. The number of hydrogen-bond donors (Lipinski definition) is 2. The topological polar surface area (TPSA) is 98.4 Å². The fourth-order valence-corrected chi connectivity index (χ4v) is 3.69. The average molecular weight is 524 g/mol. The second-order valence-electron chi connectivity index (χ2n) is 9.24. The van der Waals surface area contributed by atoms with Crippen LogP contribution >= 0.6 is 0 Å². The smallest absolute Gasteiger partial charge is 0.435 e. The third kappa shape index (κ3) is 5.34. The molecule has 0 aliphatic rings. The van der Waals surface area contributed by atoms with Gasteiger partial charge in [-0.1, -0.05) is 0 Å². The number of hydrogen-bond acceptors (Lipinski definition) is 5. The highest BCUT2D eigenvalue weighted by molar-refractivity contribution is 5.95. The van der Waals surface area contributed by atoms with E-state index in [2.05, 4.69) is 10.4 Å². The van der Waals surface area contributed by atoms with Gasteiger partial charge in [0.05, 0.1) is 11.7 Å². The molecule has 0 saturated heterocycles. The minimum Gasteiger partial charge on any atom is -0.455 e. The fourth-order valence-electron chi connectivity index (χ4n) is 3.69. The number of alkyl halides is 3. The maximum Gasteiger partial charge on any atom is 0.435 e. The van der Waals surface area contributed by atoms with Gasteiger partial charge in [-0.05, 0) is 52.0 Å². The first-order valence-corrected chi connectivity index (χ1v) is 10.9. The number of halogens is 5.